The van der Waals surface area contributed by atoms with Crippen LogP contribution in [0.15, 0.2) is 24.4 Å². The lowest BCUT2D eigenvalue weighted by atomic mass is 10.2. The van der Waals surface area contributed by atoms with Gasteiger partial charge in [0.05, 0.1) is 0 Å². The van der Waals surface area contributed by atoms with Crippen molar-refractivity contribution in [3.63, 3.8) is 0 Å². The van der Waals surface area contributed by atoms with Crippen LogP contribution in [0.4, 0.5) is 0 Å². The van der Waals surface area contributed by atoms with Gasteiger partial charge < -0.3 is 10.1 Å². The highest BCUT2D eigenvalue weighted by Gasteiger charge is 2.19. The van der Waals surface area contributed by atoms with Crippen molar-refractivity contribution in [1.82, 2.24) is 5.32 Å². The molecule has 12 heavy (non-hydrogen) atoms. The molecular weight excluding hydrogens is 150 g/mol. The van der Waals surface area contributed by atoms with E-state index in [2.05, 4.69) is 18.8 Å². The first kappa shape index (κ1) is 11.2. The number of allylic oxidation sites excluding steroid dienone is 3. The van der Waals surface area contributed by atoms with Crippen LogP contribution in [0.25, 0.3) is 0 Å². The van der Waals surface area contributed by atoms with E-state index < -0.39 is 0 Å². The van der Waals surface area contributed by atoms with E-state index in [1.54, 1.807) is 13.2 Å². The van der Waals surface area contributed by atoms with E-state index in [0.717, 1.165) is 12.1 Å². The Morgan fingerprint density at radius 3 is 2.58 bits per heavy atom. The molecule has 2 nitrogen and oxygen atoms in total. The van der Waals surface area contributed by atoms with Crippen molar-refractivity contribution >= 4 is 0 Å². The van der Waals surface area contributed by atoms with Gasteiger partial charge in [0.2, 0.25) is 0 Å². The summed E-state index contributed by atoms with van der Waals surface area (Å²) in [4.78, 5) is 0. The zero-order valence-corrected chi connectivity index (χ0v) is 8.48. The van der Waals surface area contributed by atoms with E-state index in [4.69, 9.17) is 4.74 Å². The number of hydrogen-bond donors (Lipinski definition) is 1. The van der Waals surface area contributed by atoms with Crippen LogP contribution in [0.5, 0.6) is 0 Å². The molecule has 1 unspecified atom stereocenters. The fourth-order valence-corrected chi connectivity index (χ4v) is 0.919. The molecule has 0 fully saturated rings. The van der Waals surface area contributed by atoms with Crippen LogP contribution in [-0.4, -0.2) is 12.8 Å². The topological polar surface area (TPSA) is 21.3 Å². The number of hydrogen-bond acceptors (Lipinski definition) is 2. The van der Waals surface area contributed by atoms with Crippen LogP contribution in [-0.2, 0) is 4.74 Å². The van der Waals surface area contributed by atoms with Gasteiger partial charge in [0.1, 0.15) is 5.72 Å². The van der Waals surface area contributed by atoms with Crippen molar-refractivity contribution in [3.05, 3.63) is 24.4 Å². The minimum Gasteiger partial charge on any atom is -0.361 e. The summed E-state index contributed by atoms with van der Waals surface area (Å²) in [6, 6.07) is 0. The molecule has 0 rings (SSSR count). The van der Waals surface area contributed by atoms with Crippen LogP contribution in [0.1, 0.15) is 27.2 Å². The monoisotopic (exact) mass is 169 g/mol. The molecule has 0 aromatic heterocycles. The molecule has 1 atom stereocenters. The van der Waals surface area contributed by atoms with Gasteiger partial charge in [-0.3, -0.25) is 0 Å². The highest BCUT2D eigenvalue weighted by Crippen LogP contribution is 2.11. The Morgan fingerprint density at radius 2 is 2.25 bits per heavy atom. The van der Waals surface area contributed by atoms with Gasteiger partial charge in [0, 0.05) is 12.8 Å². The third kappa shape index (κ3) is 3.58. The highest BCUT2D eigenvalue weighted by molar-refractivity contribution is 5.07. The van der Waals surface area contributed by atoms with Crippen molar-refractivity contribution in [3.8, 4) is 0 Å². The molecule has 0 saturated carbocycles. The summed E-state index contributed by atoms with van der Waals surface area (Å²) < 4.78 is 5.32. The van der Waals surface area contributed by atoms with Crippen molar-refractivity contribution < 1.29 is 4.74 Å². The summed E-state index contributed by atoms with van der Waals surface area (Å²) in [5, 5.41) is 3.26. The minimum absolute atomic E-state index is 0.260. The summed E-state index contributed by atoms with van der Waals surface area (Å²) in [5.74, 6) is 0. The van der Waals surface area contributed by atoms with Crippen LogP contribution < -0.4 is 5.32 Å². The summed E-state index contributed by atoms with van der Waals surface area (Å²) in [6.45, 7) is 9.72. The summed E-state index contributed by atoms with van der Waals surface area (Å²) >= 11 is 0. The van der Waals surface area contributed by atoms with Gasteiger partial charge in [-0.15, -0.1) is 0 Å². The standard InChI is InChI=1S/C10H19NO/c1-6-8-9(3)11-10(4,7-2)12-5/h6,8,11H,1,7H2,2-5H3/b9-8+. The Bertz CT molecular complexity index is 169. The van der Waals surface area contributed by atoms with Crippen LogP contribution in [0.2, 0.25) is 0 Å². The molecule has 1 N–H and O–H groups in total. The molecule has 0 bridgehead atoms. The molecule has 2 heteroatoms. The maximum Gasteiger partial charge on any atom is 0.134 e. The van der Waals surface area contributed by atoms with Gasteiger partial charge in [-0.05, 0) is 26.3 Å². The Kier molecular flexibility index (Phi) is 4.67. The van der Waals surface area contributed by atoms with Gasteiger partial charge in [0.15, 0.2) is 0 Å². The van der Waals surface area contributed by atoms with Gasteiger partial charge in [-0.25, -0.2) is 0 Å². The molecule has 0 aliphatic carbocycles. The lowest BCUT2D eigenvalue weighted by Gasteiger charge is -2.29. The molecule has 0 aliphatic heterocycles. The third-order valence-corrected chi connectivity index (χ3v) is 1.95. The quantitative estimate of drug-likeness (QED) is 0.504. The van der Waals surface area contributed by atoms with Crippen LogP contribution >= 0.6 is 0 Å². The van der Waals surface area contributed by atoms with Crippen LogP contribution in [0, 0.1) is 0 Å². The van der Waals surface area contributed by atoms with E-state index in [9.17, 15) is 0 Å². The Balaban J connectivity index is 4.20. The zero-order valence-electron chi connectivity index (χ0n) is 8.48. The molecule has 0 amide bonds. The maximum atomic E-state index is 5.32. The lowest BCUT2D eigenvalue weighted by molar-refractivity contribution is -0.0181. The number of nitrogens with one attached hydrogen (secondary N) is 1. The van der Waals surface area contributed by atoms with Crippen molar-refractivity contribution in [1.29, 1.82) is 0 Å². The molecule has 70 valence electrons. The smallest absolute Gasteiger partial charge is 0.134 e. The zero-order chi connectivity index (χ0) is 9.61. The maximum absolute atomic E-state index is 5.32. The Morgan fingerprint density at radius 1 is 1.67 bits per heavy atom. The van der Waals surface area contributed by atoms with Gasteiger partial charge >= 0.3 is 0 Å². The second-order valence-electron chi connectivity index (χ2n) is 3.00. The Labute approximate surface area is 75.3 Å². The molecule has 0 aromatic rings. The third-order valence-electron chi connectivity index (χ3n) is 1.95. The van der Waals surface area contributed by atoms with E-state index in [1.165, 1.54) is 0 Å². The summed E-state index contributed by atoms with van der Waals surface area (Å²) in [7, 11) is 1.71. The minimum atomic E-state index is -0.260. The molecule has 0 spiro atoms. The van der Waals surface area contributed by atoms with Crippen molar-refractivity contribution in [2.24, 2.45) is 0 Å². The van der Waals surface area contributed by atoms with Gasteiger partial charge in [-0.2, -0.15) is 0 Å². The van der Waals surface area contributed by atoms with E-state index >= 15 is 0 Å². The largest absolute Gasteiger partial charge is 0.361 e. The molecular formula is C10H19NO. The highest BCUT2D eigenvalue weighted by atomic mass is 16.5. The van der Waals surface area contributed by atoms with Gasteiger partial charge in [-0.1, -0.05) is 19.6 Å². The second-order valence-corrected chi connectivity index (χ2v) is 3.00. The predicted octanol–water partition coefficient (Wildman–Crippen LogP) is 2.44. The van der Waals surface area contributed by atoms with Crippen molar-refractivity contribution in [2.45, 2.75) is 32.9 Å². The molecule has 0 aromatic carbocycles. The normalized spacial score (nSPS) is 16.8. The molecule has 0 radical (unpaired) electrons. The fourth-order valence-electron chi connectivity index (χ4n) is 0.919. The van der Waals surface area contributed by atoms with E-state index in [0.29, 0.717) is 0 Å². The molecule has 0 aliphatic rings. The fraction of sp³-hybridized carbons (Fsp3) is 0.600. The van der Waals surface area contributed by atoms with Gasteiger partial charge in [0.25, 0.3) is 0 Å². The van der Waals surface area contributed by atoms with E-state index in [-0.39, 0.29) is 5.72 Å². The number of ether oxygens (including phenoxy) is 1. The first-order chi connectivity index (χ1) is 5.58. The van der Waals surface area contributed by atoms with Crippen LogP contribution in [0.3, 0.4) is 0 Å². The SMILES string of the molecule is C=C/C=C(\C)NC(C)(CC)OC. The lowest BCUT2D eigenvalue weighted by Crippen LogP contribution is -2.42. The molecule has 0 saturated heterocycles. The average Bonchev–Trinajstić information content (AvgIpc) is 2.05. The number of methoxy groups -OCH3 is 1. The first-order valence-corrected chi connectivity index (χ1v) is 4.20. The summed E-state index contributed by atoms with van der Waals surface area (Å²) in [6.07, 6.45) is 4.60. The summed E-state index contributed by atoms with van der Waals surface area (Å²) in [5.41, 5.74) is 0.806. The Hall–Kier alpha value is -0.760. The number of rotatable bonds is 5. The average molecular weight is 169 g/mol. The van der Waals surface area contributed by atoms with Crippen molar-refractivity contribution in [2.75, 3.05) is 7.11 Å². The first-order valence-electron chi connectivity index (χ1n) is 4.20. The second kappa shape index (κ2) is 4.99. The van der Waals surface area contributed by atoms with E-state index in [1.807, 2.05) is 19.9 Å². The predicted molar refractivity (Wildman–Crippen MR) is 52.8 cm³/mol. The molecule has 0 heterocycles.